The number of aliphatic hydroxyl groups excluding tert-OH is 2. The zero-order valence-corrected chi connectivity index (χ0v) is 52.0. The Hall–Kier alpha value is -8.01. The molecule has 0 aliphatic carbocycles. The lowest BCUT2D eigenvalue weighted by molar-refractivity contribution is -0.376. The highest BCUT2D eigenvalue weighted by atomic mass is 16.8. The molecule has 4 aliphatic heterocycles. The van der Waals surface area contributed by atoms with Gasteiger partial charge in [0.1, 0.15) is 98.2 Å². The maximum absolute atomic E-state index is 14.3. The Kier molecular flexibility index (Phi) is 28.6. The Bertz CT molecular complexity index is 3090. The second-order valence-electron chi connectivity index (χ2n) is 21.9. The number of carbonyl (C=O) groups excluding carboxylic acids is 6. The number of aliphatic hydroxyl groups is 2. The van der Waals surface area contributed by atoms with Gasteiger partial charge in [0.2, 0.25) is 0 Å². The number of hydrogen-bond acceptors (Lipinski definition) is 27. The van der Waals surface area contributed by atoms with Crippen LogP contribution in [0, 0.1) is 0 Å². The fourth-order valence-electron chi connectivity index (χ4n) is 10.6. The smallest absolute Gasteiger partial charge is 0.337 e. The normalized spacial score (nSPS) is 30.6. The third-order valence-electron chi connectivity index (χ3n) is 15.0. The molecule has 0 aromatic heterocycles. The summed E-state index contributed by atoms with van der Waals surface area (Å²) in [4.78, 5) is 97.0. The van der Waals surface area contributed by atoms with E-state index in [9.17, 15) is 59.9 Å². The number of azide groups is 2. The summed E-state index contributed by atoms with van der Waals surface area (Å²) < 4.78 is 97.9. The van der Waals surface area contributed by atoms with Crippen LogP contribution >= 0.6 is 0 Å². The maximum Gasteiger partial charge on any atom is 0.337 e. The fourth-order valence-corrected chi connectivity index (χ4v) is 10.6. The van der Waals surface area contributed by atoms with Crippen molar-refractivity contribution < 1.29 is 125 Å². The van der Waals surface area contributed by atoms with Crippen molar-refractivity contribution in [3.63, 3.8) is 0 Å². The Morgan fingerprint density at radius 2 is 1.03 bits per heavy atom. The molecular weight excluding hydrogens is 1240 g/mol. The summed E-state index contributed by atoms with van der Waals surface area (Å²) in [6.07, 6.45) is -31.4. The molecule has 94 heavy (non-hydrogen) atoms. The first-order chi connectivity index (χ1) is 45.2. The summed E-state index contributed by atoms with van der Waals surface area (Å²) in [7, 11) is 0.982. The number of benzene rings is 3. The van der Waals surface area contributed by atoms with Crippen LogP contribution in [0.1, 0.15) is 70.1 Å². The van der Waals surface area contributed by atoms with Crippen LogP contribution in [0.4, 0.5) is 0 Å². The lowest BCUT2D eigenvalue weighted by atomic mass is 9.94. The van der Waals surface area contributed by atoms with Crippen molar-refractivity contribution in [3.8, 4) is 0 Å². The minimum Gasteiger partial charge on any atom is -0.479 e. The van der Waals surface area contributed by atoms with Gasteiger partial charge in [-0.25, -0.2) is 9.59 Å². The van der Waals surface area contributed by atoms with Gasteiger partial charge in [-0.05, 0) is 47.5 Å². The van der Waals surface area contributed by atoms with E-state index in [1.54, 1.807) is 97.1 Å². The van der Waals surface area contributed by atoms with Crippen LogP contribution in [0.5, 0.6) is 0 Å². The second kappa shape index (κ2) is 36.6. The van der Waals surface area contributed by atoms with Gasteiger partial charge in [-0.1, -0.05) is 107 Å². The number of aliphatic carboxylic acids is 1. The van der Waals surface area contributed by atoms with Gasteiger partial charge in [0.05, 0.1) is 40.0 Å². The molecular formula is C62H76N6O26. The lowest BCUT2D eigenvalue weighted by Crippen LogP contribution is -2.68. The first-order valence-electron chi connectivity index (χ1n) is 29.9. The number of unbranched alkanes of at least 4 members (excludes halogenated alkanes) is 1. The van der Waals surface area contributed by atoms with Crippen LogP contribution in [0.15, 0.2) is 114 Å². The largest absolute Gasteiger partial charge is 0.479 e. The van der Waals surface area contributed by atoms with E-state index >= 15 is 0 Å². The number of carboxylic acid groups (broad SMARTS) is 1. The minimum absolute atomic E-state index is 0.0610. The van der Waals surface area contributed by atoms with E-state index in [0.29, 0.717) is 29.5 Å². The van der Waals surface area contributed by atoms with E-state index in [1.165, 1.54) is 6.92 Å². The highest BCUT2D eigenvalue weighted by Crippen LogP contribution is 2.40. The van der Waals surface area contributed by atoms with Crippen LogP contribution in [0.3, 0.4) is 0 Å². The molecule has 3 aromatic rings. The highest BCUT2D eigenvalue weighted by Gasteiger charge is 2.60. The Morgan fingerprint density at radius 1 is 0.543 bits per heavy atom. The quantitative estimate of drug-likeness (QED) is 0.0144. The number of hydrogen-bond donors (Lipinski definition) is 3. The Morgan fingerprint density at radius 3 is 1.53 bits per heavy atom. The number of nitrogens with zero attached hydrogens (tertiary/aromatic N) is 6. The third-order valence-corrected chi connectivity index (χ3v) is 15.0. The van der Waals surface area contributed by atoms with Crippen LogP contribution in [0.25, 0.3) is 20.9 Å². The Balaban J connectivity index is 1.33. The van der Waals surface area contributed by atoms with Gasteiger partial charge < -0.3 is 95.9 Å². The van der Waals surface area contributed by atoms with Crippen molar-refractivity contribution in [2.75, 3.05) is 26.9 Å². The summed E-state index contributed by atoms with van der Waals surface area (Å²) in [6.45, 7) is 5.72. The second-order valence-corrected chi connectivity index (χ2v) is 21.9. The predicted molar refractivity (Wildman–Crippen MR) is 316 cm³/mol. The number of Topliss-reactive ketones (excluding diaryl/α,β-unsaturated/α-hetero) is 1. The zero-order chi connectivity index (χ0) is 67.8. The number of allylic oxidation sites excluding steroid dienone is 1. The van der Waals surface area contributed by atoms with E-state index in [1.807, 2.05) is 0 Å². The SMILES string of the molecule is C=CCCCO[C@@H]1O[C@H](C(=O)O)[C@@H](O[C@H]2O[C@H](COC(C)=O)[C@@H](O[C@@H]3O[C@@H](C(=O)OC)[C@@H](O[C@H]4O[C@H](COC(C)=O)[C@@H](O)[C@H](OC(C)=O)[C@H]4N=[N+]=[N-])[C@H](OCc4ccccc4)[C@H]3O)[C@H](OCc3ccccc3)[C@H]2N=[N+]=[N-])[C@H](OCc2ccccc2)[C@H]1OC(=O)CCC(C)=O. The molecule has 20 atom stereocenters. The molecule has 4 fully saturated rings. The van der Waals surface area contributed by atoms with Crippen LogP contribution < -0.4 is 0 Å². The first-order valence-corrected chi connectivity index (χ1v) is 29.9. The monoisotopic (exact) mass is 1320 g/mol. The van der Waals surface area contributed by atoms with E-state index in [4.69, 9.17) is 75.8 Å². The van der Waals surface area contributed by atoms with Crippen molar-refractivity contribution in [1.82, 2.24) is 0 Å². The standard InChI is InChI=1S/C62H76N6O26/c1-7-8-18-27-80-62-56(89-42(73)26-25-33(2)69)51(85-30-39-23-16-11-17-24-39)53(54(93-62)57(76)77)92-60-44(66-68-64)49(83-28-37-19-12-9-13-20-37)47(41(88-60)32-82-35(4)71)90-61-46(75)50(84-29-38-21-14-10-15-22-38)52(55(94-61)58(78)79-6)91-59-43(65-67-63)48(86-36(5)72)45(74)40(87-59)31-81-34(3)70/h7,9-17,19-24,40-41,43-56,59-62,74-75H,1,8,18,25-32H2,2-6H3,(H,76,77)/t40-,41-,43-,44-,45-,46-,47-,48-,49-,50-,51+,52+,53+,54+,55-,56-,59-,60-,61-,62-/m1/s1. The van der Waals surface area contributed by atoms with Crippen molar-refractivity contribution in [2.24, 2.45) is 10.2 Å². The van der Waals surface area contributed by atoms with Gasteiger partial charge in [-0.15, -0.1) is 6.58 Å². The number of carbonyl (C=O) groups is 7. The average Bonchev–Trinajstić information content (AvgIpc) is 0.769. The summed E-state index contributed by atoms with van der Waals surface area (Å²) >= 11 is 0. The predicted octanol–water partition coefficient (Wildman–Crippen LogP) is 4.46. The maximum atomic E-state index is 14.3. The number of ketones is 1. The first kappa shape index (κ1) is 73.4. The molecule has 7 rings (SSSR count). The van der Waals surface area contributed by atoms with Crippen LogP contribution in [0.2, 0.25) is 0 Å². The van der Waals surface area contributed by atoms with Crippen molar-refractivity contribution in [1.29, 1.82) is 0 Å². The average molecular weight is 1320 g/mol. The molecule has 3 N–H and O–H groups in total. The molecule has 510 valence electrons. The lowest BCUT2D eigenvalue weighted by Gasteiger charge is -2.50. The summed E-state index contributed by atoms with van der Waals surface area (Å²) in [6, 6.07) is 21.9. The fraction of sp³-hybridized carbons (Fsp3) is 0.565. The molecule has 0 radical (unpaired) electrons. The van der Waals surface area contributed by atoms with Crippen LogP contribution in [-0.2, 0) is 129 Å². The van der Waals surface area contributed by atoms with Crippen LogP contribution in [-0.4, -0.2) is 207 Å². The highest BCUT2D eigenvalue weighted by molar-refractivity contribution is 5.81. The molecule has 4 aliphatic rings. The van der Waals surface area contributed by atoms with Crippen molar-refractivity contribution >= 4 is 41.6 Å². The van der Waals surface area contributed by atoms with E-state index in [2.05, 4.69) is 26.6 Å². The summed E-state index contributed by atoms with van der Waals surface area (Å²) in [5.41, 5.74) is 21.9. The molecule has 32 heteroatoms. The summed E-state index contributed by atoms with van der Waals surface area (Å²) in [5, 5.41) is 43.0. The van der Waals surface area contributed by atoms with Gasteiger partial charge in [0.25, 0.3) is 0 Å². The molecule has 0 bridgehead atoms. The molecule has 0 unspecified atom stereocenters. The van der Waals surface area contributed by atoms with Gasteiger partial charge in [0.15, 0.2) is 43.5 Å². The topological polar surface area (TPSA) is 425 Å². The molecule has 3 aromatic carbocycles. The molecule has 4 saturated heterocycles. The zero-order valence-electron chi connectivity index (χ0n) is 52.0. The molecule has 0 saturated carbocycles. The van der Waals surface area contributed by atoms with Gasteiger partial charge in [0, 0.05) is 37.0 Å². The van der Waals surface area contributed by atoms with Gasteiger partial charge >= 0.3 is 35.8 Å². The van der Waals surface area contributed by atoms with Gasteiger partial charge in [-0.2, -0.15) is 0 Å². The molecule has 0 spiro atoms. The summed E-state index contributed by atoms with van der Waals surface area (Å²) in [5.74, 6) is -6.76. The van der Waals surface area contributed by atoms with E-state index in [0.717, 1.165) is 27.9 Å². The molecule has 32 nitrogen and oxygen atoms in total. The Labute approximate surface area is 538 Å². The van der Waals surface area contributed by atoms with E-state index < -0.39 is 178 Å². The van der Waals surface area contributed by atoms with Crippen molar-refractivity contribution in [2.45, 2.75) is 196 Å². The van der Waals surface area contributed by atoms with Gasteiger partial charge in [-0.3, -0.25) is 19.2 Å². The number of carboxylic acids is 1. The number of rotatable bonds is 33. The van der Waals surface area contributed by atoms with E-state index in [-0.39, 0.29) is 38.6 Å². The minimum atomic E-state index is -2.13. The van der Waals surface area contributed by atoms with Crippen molar-refractivity contribution in [3.05, 3.63) is 141 Å². The molecule has 4 heterocycles. The number of methoxy groups -OCH3 is 1. The third kappa shape index (κ3) is 20.5. The number of esters is 5. The molecule has 0 amide bonds. The number of ether oxygens (including phenoxy) is 16.